The summed E-state index contributed by atoms with van der Waals surface area (Å²) in [7, 11) is 0. The van der Waals surface area contributed by atoms with Crippen molar-refractivity contribution < 1.29 is 14.3 Å². The number of carbonyl (C=O) groups is 2. The number of ether oxygens (including phenoxy) is 1. The molecule has 0 spiro atoms. The van der Waals surface area contributed by atoms with Crippen LogP contribution in [0.3, 0.4) is 0 Å². The van der Waals surface area contributed by atoms with Crippen LogP contribution < -0.4 is 10.9 Å². The summed E-state index contributed by atoms with van der Waals surface area (Å²) in [4.78, 5) is 46.5. The maximum Gasteiger partial charge on any atom is 0.341 e. The second-order valence-electron chi connectivity index (χ2n) is 8.89. The third-order valence-corrected chi connectivity index (χ3v) is 8.87. The standard InChI is InChI=1S/C24H27N3O4S2/c1-3-31-24(30)20-15-9-8-13(2)10-17(15)33-22(20)26-18(28)11-27-12-25-21-19(23(27)29)14-6-4-5-7-16(14)32-21/h12-13H,3-11H2,1-2H3,(H,26,28)/t13-/m0/s1. The van der Waals surface area contributed by atoms with E-state index in [2.05, 4.69) is 17.2 Å². The van der Waals surface area contributed by atoms with Gasteiger partial charge in [-0.3, -0.25) is 14.2 Å². The van der Waals surface area contributed by atoms with Crippen molar-refractivity contribution in [2.24, 2.45) is 5.92 Å². The Labute approximate surface area is 199 Å². The molecule has 0 fully saturated rings. The van der Waals surface area contributed by atoms with Crippen molar-refractivity contribution in [1.82, 2.24) is 9.55 Å². The number of nitrogens with one attached hydrogen (secondary N) is 1. The van der Waals surface area contributed by atoms with Gasteiger partial charge in [0.25, 0.3) is 5.56 Å². The van der Waals surface area contributed by atoms with Crippen LogP contribution in [0.15, 0.2) is 11.1 Å². The molecule has 2 aliphatic rings. The molecule has 1 amide bonds. The van der Waals surface area contributed by atoms with E-state index in [1.807, 2.05) is 0 Å². The summed E-state index contributed by atoms with van der Waals surface area (Å²) in [6.07, 6.45) is 8.27. The van der Waals surface area contributed by atoms with Gasteiger partial charge in [-0.05, 0) is 68.9 Å². The molecule has 0 aliphatic heterocycles. The van der Waals surface area contributed by atoms with E-state index < -0.39 is 5.97 Å². The van der Waals surface area contributed by atoms with Crippen molar-refractivity contribution in [2.75, 3.05) is 11.9 Å². The summed E-state index contributed by atoms with van der Waals surface area (Å²) in [5, 5.41) is 4.08. The Morgan fingerprint density at radius 3 is 2.82 bits per heavy atom. The number of hydrogen-bond acceptors (Lipinski definition) is 7. The summed E-state index contributed by atoms with van der Waals surface area (Å²) >= 11 is 3.05. The lowest BCUT2D eigenvalue weighted by Crippen LogP contribution is -2.28. The summed E-state index contributed by atoms with van der Waals surface area (Å²) in [5.41, 5.74) is 2.42. The third kappa shape index (κ3) is 4.12. The second-order valence-corrected chi connectivity index (χ2v) is 11.1. The average Bonchev–Trinajstić information content (AvgIpc) is 3.33. The number of anilines is 1. The highest BCUT2D eigenvalue weighted by atomic mass is 32.1. The van der Waals surface area contributed by atoms with Crippen LogP contribution in [-0.2, 0) is 41.8 Å². The Kier molecular flexibility index (Phi) is 6.09. The minimum absolute atomic E-state index is 0.145. The number of nitrogens with zero attached hydrogens (tertiary/aromatic N) is 2. The van der Waals surface area contributed by atoms with Gasteiger partial charge in [-0.2, -0.15) is 0 Å². The summed E-state index contributed by atoms with van der Waals surface area (Å²) in [5.74, 6) is -0.202. The average molecular weight is 486 g/mol. The van der Waals surface area contributed by atoms with Gasteiger partial charge in [0, 0.05) is 9.75 Å². The zero-order valence-electron chi connectivity index (χ0n) is 18.9. The number of aromatic nitrogens is 2. The van der Waals surface area contributed by atoms with Crippen molar-refractivity contribution in [1.29, 1.82) is 0 Å². The molecule has 3 aromatic rings. The molecule has 0 radical (unpaired) electrons. The number of fused-ring (bicyclic) bond motifs is 4. The summed E-state index contributed by atoms with van der Waals surface area (Å²) < 4.78 is 6.66. The normalized spacial score (nSPS) is 17.5. The number of aryl methyl sites for hydroxylation is 2. The highest BCUT2D eigenvalue weighted by Gasteiger charge is 2.29. The number of carbonyl (C=O) groups excluding carboxylic acids is 2. The van der Waals surface area contributed by atoms with E-state index in [0.29, 0.717) is 21.9 Å². The maximum absolute atomic E-state index is 13.2. The number of thiophene rings is 2. The maximum atomic E-state index is 13.2. The molecule has 3 heterocycles. The van der Waals surface area contributed by atoms with Crippen LogP contribution in [0.1, 0.15) is 64.3 Å². The van der Waals surface area contributed by atoms with Gasteiger partial charge in [-0.25, -0.2) is 9.78 Å². The number of esters is 1. The van der Waals surface area contributed by atoms with Crippen LogP contribution in [0.25, 0.3) is 10.2 Å². The fraction of sp³-hybridized carbons (Fsp3) is 0.500. The Hall–Kier alpha value is -2.52. The Morgan fingerprint density at radius 1 is 1.18 bits per heavy atom. The molecule has 3 aromatic heterocycles. The molecule has 0 unspecified atom stereocenters. The number of hydrogen-bond donors (Lipinski definition) is 1. The van der Waals surface area contributed by atoms with Crippen molar-refractivity contribution in [3.8, 4) is 0 Å². The molecule has 1 atom stereocenters. The van der Waals surface area contributed by atoms with Crippen molar-refractivity contribution in [3.63, 3.8) is 0 Å². The molecule has 0 saturated carbocycles. The topological polar surface area (TPSA) is 90.3 Å². The first-order chi connectivity index (χ1) is 16.0. The van der Waals surface area contributed by atoms with E-state index in [0.717, 1.165) is 65.8 Å². The molecule has 1 N–H and O–H groups in total. The minimum Gasteiger partial charge on any atom is -0.462 e. The van der Waals surface area contributed by atoms with Gasteiger partial charge < -0.3 is 10.1 Å². The highest BCUT2D eigenvalue weighted by Crippen LogP contribution is 2.40. The van der Waals surface area contributed by atoms with Crippen LogP contribution in [-0.4, -0.2) is 28.0 Å². The van der Waals surface area contributed by atoms with Gasteiger partial charge in [-0.15, -0.1) is 22.7 Å². The molecule has 2 aliphatic carbocycles. The van der Waals surface area contributed by atoms with E-state index in [9.17, 15) is 14.4 Å². The first-order valence-corrected chi connectivity index (χ1v) is 13.2. The number of rotatable bonds is 5. The van der Waals surface area contributed by atoms with E-state index in [1.54, 1.807) is 18.3 Å². The fourth-order valence-electron chi connectivity index (χ4n) is 4.87. The largest absolute Gasteiger partial charge is 0.462 e. The Balaban J connectivity index is 1.43. The predicted octanol–water partition coefficient (Wildman–Crippen LogP) is 4.34. The van der Waals surface area contributed by atoms with Gasteiger partial charge in [0.1, 0.15) is 16.4 Å². The molecule has 174 valence electrons. The Bertz CT molecular complexity index is 1300. The SMILES string of the molecule is CCOC(=O)c1c(NC(=O)Cn2cnc3sc4c(c3c2=O)CCCC4)sc2c1CC[C@H](C)C2. The predicted molar refractivity (Wildman–Crippen MR) is 131 cm³/mol. The first kappa shape index (κ1) is 22.3. The van der Waals surface area contributed by atoms with E-state index >= 15 is 0 Å². The first-order valence-electron chi connectivity index (χ1n) is 11.6. The lowest BCUT2D eigenvalue weighted by molar-refractivity contribution is -0.116. The molecular formula is C24H27N3O4S2. The van der Waals surface area contributed by atoms with Crippen LogP contribution in [0.5, 0.6) is 0 Å². The van der Waals surface area contributed by atoms with Crippen molar-refractivity contribution in [3.05, 3.63) is 43.1 Å². The molecule has 0 aromatic carbocycles. The smallest absolute Gasteiger partial charge is 0.341 e. The van der Waals surface area contributed by atoms with E-state index in [-0.39, 0.29) is 24.6 Å². The van der Waals surface area contributed by atoms with Gasteiger partial charge in [-0.1, -0.05) is 6.92 Å². The van der Waals surface area contributed by atoms with Gasteiger partial charge in [0.05, 0.1) is 23.9 Å². The lowest BCUT2D eigenvalue weighted by atomic mass is 9.88. The summed E-state index contributed by atoms with van der Waals surface area (Å²) in [6.45, 7) is 4.10. The third-order valence-electron chi connectivity index (χ3n) is 6.50. The molecule has 0 bridgehead atoms. The van der Waals surface area contributed by atoms with Crippen molar-refractivity contribution in [2.45, 2.75) is 65.3 Å². The Morgan fingerprint density at radius 2 is 2.00 bits per heavy atom. The van der Waals surface area contributed by atoms with Gasteiger partial charge >= 0.3 is 5.97 Å². The summed E-state index contributed by atoms with van der Waals surface area (Å²) in [6, 6.07) is 0. The van der Waals surface area contributed by atoms with Crippen LogP contribution in [0.2, 0.25) is 0 Å². The molecule has 33 heavy (non-hydrogen) atoms. The lowest BCUT2D eigenvalue weighted by Gasteiger charge is -2.18. The molecule has 9 heteroatoms. The van der Waals surface area contributed by atoms with Gasteiger partial charge in [0.15, 0.2) is 0 Å². The van der Waals surface area contributed by atoms with Crippen molar-refractivity contribution >= 4 is 49.8 Å². The molecular weight excluding hydrogens is 458 g/mol. The molecule has 7 nitrogen and oxygen atoms in total. The minimum atomic E-state index is -0.398. The van der Waals surface area contributed by atoms with Crippen LogP contribution in [0, 0.1) is 5.92 Å². The quantitative estimate of drug-likeness (QED) is 0.543. The highest BCUT2D eigenvalue weighted by molar-refractivity contribution is 7.18. The van der Waals surface area contributed by atoms with Gasteiger partial charge in [0.2, 0.25) is 5.91 Å². The fourth-order valence-corrected chi connectivity index (χ4v) is 7.51. The molecule has 5 rings (SSSR count). The zero-order valence-corrected chi connectivity index (χ0v) is 20.5. The number of amides is 1. The molecule has 0 saturated heterocycles. The zero-order chi connectivity index (χ0) is 23.1. The van der Waals surface area contributed by atoms with Crippen LogP contribution >= 0.6 is 22.7 Å². The van der Waals surface area contributed by atoms with E-state index in [1.165, 1.54) is 27.1 Å². The second kappa shape index (κ2) is 9.02. The van der Waals surface area contributed by atoms with E-state index in [4.69, 9.17) is 4.74 Å². The monoisotopic (exact) mass is 485 g/mol. The van der Waals surface area contributed by atoms with Crippen LogP contribution in [0.4, 0.5) is 5.00 Å².